The van der Waals surface area contributed by atoms with Crippen molar-refractivity contribution in [2.75, 3.05) is 12.4 Å². The van der Waals surface area contributed by atoms with Gasteiger partial charge in [-0.1, -0.05) is 131 Å². The second-order valence-corrected chi connectivity index (χ2v) is 18.7. The summed E-state index contributed by atoms with van der Waals surface area (Å²) in [6, 6.07) is 30.6. The van der Waals surface area contributed by atoms with Crippen LogP contribution in [-0.4, -0.2) is 49.3 Å². The minimum absolute atomic E-state index is 0.0217. The fourth-order valence-corrected chi connectivity index (χ4v) is 11.8. The number of benzene rings is 3. The molecule has 0 unspecified atom stereocenters. The van der Waals surface area contributed by atoms with Gasteiger partial charge in [-0.2, -0.15) is 4.68 Å². The van der Waals surface area contributed by atoms with Crippen LogP contribution in [0.5, 0.6) is 0 Å². The molecule has 0 aliphatic rings. The van der Waals surface area contributed by atoms with Gasteiger partial charge in [0.2, 0.25) is 9.84 Å². The van der Waals surface area contributed by atoms with Crippen molar-refractivity contribution in [1.29, 1.82) is 0 Å². The van der Waals surface area contributed by atoms with Gasteiger partial charge < -0.3 is 4.43 Å². The summed E-state index contributed by atoms with van der Waals surface area (Å²) in [5, 5.41) is 13.8. The Balaban J connectivity index is 1.33. The smallest absolute Gasteiger partial charge is 0.272 e. The van der Waals surface area contributed by atoms with Crippen LogP contribution in [0.15, 0.2) is 96.2 Å². The third kappa shape index (κ3) is 7.43. The fraction of sp³-hybridized carbons (Fsp3) is 0.424. The van der Waals surface area contributed by atoms with E-state index in [4.69, 9.17) is 4.43 Å². The molecule has 0 spiro atoms. The molecule has 42 heavy (non-hydrogen) atoms. The van der Waals surface area contributed by atoms with Gasteiger partial charge in [0, 0.05) is 6.61 Å². The molecule has 4 rings (SSSR count). The Morgan fingerprint density at radius 3 is 1.86 bits per heavy atom. The quantitative estimate of drug-likeness (QED) is 0.168. The van der Waals surface area contributed by atoms with E-state index in [1.165, 1.54) is 15.1 Å². The minimum atomic E-state index is -3.61. The third-order valence-corrected chi connectivity index (χ3v) is 14.6. The van der Waals surface area contributed by atoms with Gasteiger partial charge in [0.25, 0.3) is 13.5 Å². The molecule has 3 aromatic carbocycles. The maximum atomic E-state index is 13.1. The molecule has 0 bridgehead atoms. The second kappa shape index (κ2) is 13.9. The van der Waals surface area contributed by atoms with Crippen LogP contribution in [0, 0.1) is 11.8 Å². The van der Waals surface area contributed by atoms with Crippen LogP contribution in [-0.2, 0) is 14.3 Å². The van der Waals surface area contributed by atoms with E-state index >= 15 is 0 Å². The average molecular weight is 605 g/mol. The topological polar surface area (TPSA) is 87.0 Å². The Bertz CT molecular complexity index is 1450. The molecule has 0 fully saturated rings. The number of hydrogen-bond donors (Lipinski definition) is 0. The van der Waals surface area contributed by atoms with E-state index in [1.54, 1.807) is 12.1 Å². The summed E-state index contributed by atoms with van der Waals surface area (Å²) in [7, 11) is -6.16. The first kappa shape index (κ1) is 31.8. The van der Waals surface area contributed by atoms with Crippen molar-refractivity contribution in [1.82, 2.24) is 20.2 Å². The van der Waals surface area contributed by atoms with Crippen molar-refractivity contribution < 1.29 is 12.8 Å². The van der Waals surface area contributed by atoms with Crippen LogP contribution in [0.1, 0.15) is 60.3 Å². The highest BCUT2D eigenvalue weighted by Crippen LogP contribution is 2.37. The van der Waals surface area contributed by atoms with Gasteiger partial charge in [0.1, 0.15) is 0 Å². The zero-order valence-electron chi connectivity index (χ0n) is 25.5. The summed E-state index contributed by atoms with van der Waals surface area (Å²) in [4.78, 5) is 0. The summed E-state index contributed by atoms with van der Waals surface area (Å²) in [6.45, 7) is 12.0. The Morgan fingerprint density at radius 2 is 1.31 bits per heavy atom. The summed E-state index contributed by atoms with van der Waals surface area (Å²) >= 11 is 0. The predicted molar refractivity (Wildman–Crippen MR) is 172 cm³/mol. The van der Waals surface area contributed by atoms with Gasteiger partial charge in [-0.3, -0.25) is 0 Å². The fourth-order valence-electron chi connectivity index (χ4n) is 5.62. The van der Waals surface area contributed by atoms with E-state index in [1.807, 2.05) is 18.2 Å². The molecule has 0 aliphatic carbocycles. The van der Waals surface area contributed by atoms with Crippen molar-refractivity contribution in [2.24, 2.45) is 11.8 Å². The molecule has 0 saturated carbocycles. The van der Waals surface area contributed by atoms with Crippen molar-refractivity contribution in [3.05, 3.63) is 91.0 Å². The molecule has 2 atom stereocenters. The summed E-state index contributed by atoms with van der Waals surface area (Å²) in [5.41, 5.74) is 0.628. The van der Waals surface area contributed by atoms with E-state index in [-0.39, 0.29) is 21.9 Å². The minimum Gasteiger partial charge on any atom is -0.407 e. The van der Waals surface area contributed by atoms with E-state index in [2.05, 4.69) is 111 Å². The van der Waals surface area contributed by atoms with Gasteiger partial charge in [-0.15, -0.1) is 0 Å². The lowest BCUT2D eigenvalue weighted by Crippen LogP contribution is -2.66. The molecule has 0 amide bonds. The lowest BCUT2D eigenvalue weighted by molar-refractivity contribution is 0.233. The third-order valence-electron chi connectivity index (χ3n) is 7.99. The monoisotopic (exact) mass is 604 g/mol. The van der Waals surface area contributed by atoms with Gasteiger partial charge in [-0.25, -0.2) is 8.42 Å². The van der Waals surface area contributed by atoms with Crippen LogP contribution in [0.4, 0.5) is 0 Å². The molecule has 4 aromatic rings. The van der Waals surface area contributed by atoms with E-state index < -0.39 is 18.2 Å². The zero-order chi connectivity index (χ0) is 30.2. The van der Waals surface area contributed by atoms with Gasteiger partial charge in [-0.05, 0) is 62.6 Å². The molecular formula is C33H44N4O3SSi. The van der Waals surface area contributed by atoms with Crippen LogP contribution >= 0.6 is 0 Å². The van der Waals surface area contributed by atoms with Crippen LogP contribution in [0.2, 0.25) is 5.04 Å². The van der Waals surface area contributed by atoms with Crippen LogP contribution < -0.4 is 10.4 Å². The lowest BCUT2D eigenvalue weighted by atomic mass is 9.97. The second-order valence-electron chi connectivity index (χ2n) is 12.4. The van der Waals surface area contributed by atoms with E-state index in [0.29, 0.717) is 24.6 Å². The SMILES string of the molecule is C[C@@H](CCC[C@@H](C)CO[Si](c1ccccc1)(c1ccccc1)C(C)(C)C)CCS(=O)(=O)c1nnnn1-c1ccccc1. The molecule has 1 aromatic heterocycles. The predicted octanol–water partition coefficient (Wildman–Crippen LogP) is 5.85. The van der Waals surface area contributed by atoms with Crippen molar-refractivity contribution in [3.8, 4) is 5.69 Å². The first-order chi connectivity index (χ1) is 20.0. The van der Waals surface area contributed by atoms with Gasteiger partial charge in [0.15, 0.2) is 0 Å². The number of para-hydroxylation sites is 1. The molecule has 7 nitrogen and oxygen atoms in total. The highest BCUT2D eigenvalue weighted by molar-refractivity contribution is 7.91. The number of nitrogens with zero attached hydrogens (tertiary/aromatic N) is 4. The average Bonchev–Trinajstić information content (AvgIpc) is 3.49. The standard InChI is InChI=1S/C33H44N4O3SSi/c1-27(24-25-41(38,39)32-34-35-36-37(32)29-18-9-6-10-19-29)16-15-17-28(2)26-40-42(33(3,4)5,30-20-11-7-12-21-30)31-22-13-8-14-23-31/h6-14,18-23,27-28H,15-17,24-26H2,1-5H3/t27-,28+/m0/s1. The Kier molecular flexibility index (Phi) is 10.5. The lowest BCUT2D eigenvalue weighted by Gasteiger charge is -2.43. The van der Waals surface area contributed by atoms with Crippen molar-refractivity contribution in [2.45, 2.75) is 70.5 Å². The van der Waals surface area contributed by atoms with E-state index in [9.17, 15) is 8.42 Å². The Hall–Kier alpha value is -3.14. The summed E-state index contributed by atoms with van der Waals surface area (Å²) in [6.07, 6.45) is 3.58. The molecule has 0 aliphatic heterocycles. The number of hydrogen-bond acceptors (Lipinski definition) is 6. The first-order valence-corrected chi connectivity index (χ1v) is 18.4. The molecule has 224 valence electrons. The highest BCUT2D eigenvalue weighted by Gasteiger charge is 2.50. The Labute approximate surface area is 252 Å². The van der Waals surface area contributed by atoms with Gasteiger partial charge in [0.05, 0.1) is 11.4 Å². The van der Waals surface area contributed by atoms with Crippen LogP contribution in [0.25, 0.3) is 5.69 Å². The number of tetrazole rings is 1. The van der Waals surface area contributed by atoms with Gasteiger partial charge >= 0.3 is 0 Å². The number of sulfone groups is 1. The van der Waals surface area contributed by atoms with E-state index in [0.717, 1.165) is 19.3 Å². The molecule has 0 N–H and O–H groups in total. The van der Waals surface area contributed by atoms with Crippen molar-refractivity contribution >= 4 is 28.5 Å². The molecule has 9 heteroatoms. The number of aromatic nitrogens is 4. The summed E-state index contributed by atoms with van der Waals surface area (Å²) < 4.78 is 34.6. The zero-order valence-corrected chi connectivity index (χ0v) is 27.3. The maximum Gasteiger partial charge on any atom is 0.272 e. The molecule has 0 saturated heterocycles. The largest absolute Gasteiger partial charge is 0.407 e. The van der Waals surface area contributed by atoms with Crippen LogP contribution in [0.3, 0.4) is 0 Å². The highest BCUT2D eigenvalue weighted by atomic mass is 32.2. The normalized spacial score (nSPS) is 14.0. The summed E-state index contributed by atoms with van der Waals surface area (Å²) in [5.74, 6) is 0.678. The van der Waals surface area contributed by atoms with Crippen molar-refractivity contribution in [3.63, 3.8) is 0 Å². The Morgan fingerprint density at radius 1 is 0.786 bits per heavy atom. The molecule has 1 heterocycles. The molecular weight excluding hydrogens is 561 g/mol. The molecule has 0 radical (unpaired) electrons. The first-order valence-electron chi connectivity index (χ1n) is 14.9. The maximum absolute atomic E-state index is 13.1. The number of rotatable bonds is 14.